The zero-order valence-electron chi connectivity index (χ0n) is 11.0. The summed E-state index contributed by atoms with van der Waals surface area (Å²) in [6.45, 7) is -1.51. The number of rotatable bonds is 7. The van der Waals surface area contributed by atoms with E-state index in [0.29, 0.717) is 0 Å². The van der Waals surface area contributed by atoms with Crippen LogP contribution in [0.4, 0.5) is 0 Å². The van der Waals surface area contributed by atoms with E-state index in [4.69, 9.17) is 19.7 Å². The topological polar surface area (TPSA) is 177 Å². The van der Waals surface area contributed by atoms with Crippen molar-refractivity contribution < 1.29 is 50.0 Å². The van der Waals surface area contributed by atoms with E-state index in [2.05, 4.69) is 0 Å². The molecule has 10 nitrogen and oxygen atoms in total. The average molecular weight is 312 g/mol. The molecule has 0 radical (unpaired) electrons. The van der Waals surface area contributed by atoms with Gasteiger partial charge in [0, 0.05) is 0 Å². The first-order valence-electron chi connectivity index (χ1n) is 6.25. The second kappa shape index (κ2) is 8.08. The minimum atomic E-state index is -1.79. The lowest BCUT2D eigenvalue weighted by molar-refractivity contribution is -0.314. The summed E-state index contributed by atoms with van der Waals surface area (Å²) in [7, 11) is 0. The van der Waals surface area contributed by atoms with Gasteiger partial charge < -0.3 is 50.0 Å². The van der Waals surface area contributed by atoms with E-state index in [1.54, 1.807) is 0 Å². The molecule has 0 aromatic heterocycles. The minimum absolute atomic E-state index is 0.116. The van der Waals surface area contributed by atoms with Crippen LogP contribution in [-0.4, -0.2) is 104 Å². The molecule has 1 rings (SSSR count). The van der Waals surface area contributed by atoms with Gasteiger partial charge in [-0.05, 0) is 0 Å². The smallest absolute Gasteiger partial charge is 0.187 e. The van der Waals surface area contributed by atoms with Crippen molar-refractivity contribution in [1.82, 2.24) is 0 Å². The van der Waals surface area contributed by atoms with Crippen molar-refractivity contribution in [3.63, 3.8) is 0 Å². The average Bonchev–Trinajstić information content (AvgIpc) is 2.50. The Labute approximate surface area is 119 Å². The third-order valence-corrected chi connectivity index (χ3v) is 3.19. The molecule has 0 bridgehead atoms. The molecule has 21 heavy (non-hydrogen) atoms. The third kappa shape index (κ3) is 4.16. The molecule has 0 spiro atoms. The molecule has 1 aliphatic rings. The summed E-state index contributed by atoms with van der Waals surface area (Å²) in [6.07, 6.45) is -12.9. The highest BCUT2D eigenvalue weighted by atomic mass is 16.7. The fraction of sp³-hybridized carbons (Fsp3) is 0.909. The summed E-state index contributed by atoms with van der Waals surface area (Å²) >= 11 is 0. The first-order valence-corrected chi connectivity index (χ1v) is 6.25. The van der Waals surface area contributed by atoms with Crippen molar-refractivity contribution >= 4 is 6.29 Å². The number of hydrogen-bond donors (Lipinski definition) is 7. The van der Waals surface area contributed by atoms with Gasteiger partial charge in [0.2, 0.25) is 0 Å². The Morgan fingerprint density at radius 3 is 2.19 bits per heavy atom. The summed E-state index contributed by atoms with van der Waals surface area (Å²) in [5.41, 5.74) is 0. The van der Waals surface area contributed by atoms with Crippen LogP contribution in [0.5, 0.6) is 0 Å². The summed E-state index contributed by atoms with van der Waals surface area (Å²) < 4.78 is 9.92. The van der Waals surface area contributed by atoms with E-state index < -0.39 is 62.2 Å². The number of ether oxygens (including phenoxy) is 2. The van der Waals surface area contributed by atoms with Crippen LogP contribution in [0.3, 0.4) is 0 Å². The van der Waals surface area contributed by atoms with Crippen LogP contribution in [0.15, 0.2) is 0 Å². The molecule has 0 aromatic carbocycles. The zero-order valence-corrected chi connectivity index (χ0v) is 11.0. The Bertz CT molecular complexity index is 324. The fourth-order valence-electron chi connectivity index (χ4n) is 1.85. The summed E-state index contributed by atoms with van der Waals surface area (Å²) in [6, 6.07) is 0. The molecule has 1 saturated heterocycles. The molecular weight excluding hydrogens is 292 g/mol. The van der Waals surface area contributed by atoms with Crippen LogP contribution in [0.25, 0.3) is 0 Å². The highest BCUT2D eigenvalue weighted by Crippen LogP contribution is 2.23. The Balaban J connectivity index is 2.76. The van der Waals surface area contributed by atoms with Crippen molar-refractivity contribution in [3.05, 3.63) is 0 Å². The monoisotopic (exact) mass is 312 g/mol. The molecule has 10 heteroatoms. The van der Waals surface area contributed by atoms with Gasteiger partial charge in [-0.3, -0.25) is 0 Å². The van der Waals surface area contributed by atoms with Crippen molar-refractivity contribution in [2.45, 2.75) is 49.0 Å². The lowest BCUT2D eigenvalue weighted by Crippen LogP contribution is -2.60. The van der Waals surface area contributed by atoms with E-state index in [1.807, 2.05) is 0 Å². The molecule has 1 unspecified atom stereocenters. The van der Waals surface area contributed by atoms with Crippen LogP contribution in [0.2, 0.25) is 0 Å². The molecule has 1 aliphatic heterocycles. The molecule has 0 amide bonds. The van der Waals surface area contributed by atoms with Gasteiger partial charge in [0.15, 0.2) is 12.6 Å². The van der Waals surface area contributed by atoms with Gasteiger partial charge in [-0.2, -0.15) is 0 Å². The predicted octanol–water partition coefficient (Wildman–Crippen LogP) is -4.92. The SMILES string of the molecule is O=C[C@@H](OC1O[C@H](CO)[C@H](O)[C@H](O)[C@H]1O)[C@H](O)[C@H](O)CO. The summed E-state index contributed by atoms with van der Waals surface area (Å²) in [4.78, 5) is 10.9. The number of carbonyl (C=O) groups is 1. The van der Waals surface area contributed by atoms with Crippen LogP contribution in [-0.2, 0) is 14.3 Å². The Hall–Kier alpha value is -0.690. The number of aldehydes is 1. The summed E-state index contributed by atoms with van der Waals surface area (Å²) in [5.74, 6) is 0. The van der Waals surface area contributed by atoms with Gasteiger partial charge in [-0.25, -0.2) is 0 Å². The molecule has 0 saturated carbocycles. The number of hydrogen-bond acceptors (Lipinski definition) is 10. The number of carbonyl (C=O) groups excluding carboxylic acids is 1. The largest absolute Gasteiger partial charge is 0.394 e. The molecule has 124 valence electrons. The van der Waals surface area contributed by atoms with Gasteiger partial charge in [-0.15, -0.1) is 0 Å². The van der Waals surface area contributed by atoms with Gasteiger partial charge in [0.1, 0.15) is 42.7 Å². The third-order valence-electron chi connectivity index (χ3n) is 3.19. The quantitative estimate of drug-likeness (QED) is 0.225. The summed E-state index contributed by atoms with van der Waals surface area (Å²) in [5, 5.41) is 65.3. The first-order chi connectivity index (χ1) is 9.87. The minimum Gasteiger partial charge on any atom is -0.394 e. The normalized spacial score (nSPS) is 37.8. The number of aliphatic hydroxyl groups excluding tert-OH is 7. The van der Waals surface area contributed by atoms with Crippen molar-refractivity contribution in [1.29, 1.82) is 0 Å². The van der Waals surface area contributed by atoms with Gasteiger partial charge in [0.25, 0.3) is 0 Å². The van der Waals surface area contributed by atoms with E-state index >= 15 is 0 Å². The molecule has 8 atom stereocenters. The fourth-order valence-corrected chi connectivity index (χ4v) is 1.85. The van der Waals surface area contributed by atoms with E-state index in [0.717, 1.165) is 0 Å². The highest BCUT2D eigenvalue weighted by Gasteiger charge is 2.45. The second-order valence-corrected chi connectivity index (χ2v) is 4.67. The van der Waals surface area contributed by atoms with Gasteiger partial charge >= 0.3 is 0 Å². The maximum atomic E-state index is 10.9. The van der Waals surface area contributed by atoms with Crippen LogP contribution < -0.4 is 0 Å². The maximum absolute atomic E-state index is 10.9. The Morgan fingerprint density at radius 1 is 1.10 bits per heavy atom. The standard InChI is InChI=1S/C11H20O10/c12-1-4(15)7(16)5(2-13)20-11-10(19)9(18)8(17)6(3-14)21-11/h2,4-12,14-19H,1,3H2/t4-,5-,6-,7-,8+,9+,10-,11?/m1/s1. The second-order valence-electron chi connectivity index (χ2n) is 4.67. The maximum Gasteiger partial charge on any atom is 0.187 e. The molecule has 1 heterocycles. The lowest BCUT2D eigenvalue weighted by atomic mass is 9.99. The highest BCUT2D eigenvalue weighted by molar-refractivity contribution is 5.57. The van der Waals surface area contributed by atoms with Gasteiger partial charge in [0.05, 0.1) is 13.2 Å². The predicted molar refractivity (Wildman–Crippen MR) is 63.8 cm³/mol. The van der Waals surface area contributed by atoms with E-state index in [9.17, 15) is 30.3 Å². The molecule has 1 fully saturated rings. The van der Waals surface area contributed by atoms with Crippen LogP contribution in [0, 0.1) is 0 Å². The van der Waals surface area contributed by atoms with Crippen LogP contribution in [0.1, 0.15) is 0 Å². The lowest BCUT2D eigenvalue weighted by Gasteiger charge is -2.40. The van der Waals surface area contributed by atoms with Gasteiger partial charge in [-0.1, -0.05) is 0 Å². The van der Waals surface area contributed by atoms with Crippen molar-refractivity contribution in [3.8, 4) is 0 Å². The zero-order chi connectivity index (χ0) is 16.2. The molecular formula is C11H20O10. The molecule has 7 N–H and O–H groups in total. The van der Waals surface area contributed by atoms with E-state index in [1.165, 1.54) is 0 Å². The van der Waals surface area contributed by atoms with Crippen LogP contribution >= 0.6 is 0 Å². The molecule has 0 aliphatic carbocycles. The van der Waals surface area contributed by atoms with E-state index in [-0.39, 0.29) is 6.29 Å². The molecule has 0 aromatic rings. The number of aliphatic hydroxyl groups is 7. The first kappa shape index (κ1) is 18.4. The Morgan fingerprint density at radius 2 is 1.71 bits per heavy atom. The van der Waals surface area contributed by atoms with Crippen molar-refractivity contribution in [2.24, 2.45) is 0 Å². The van der Waals surface area contributed by atoms with Crippen molar-refractivity contribution in [2.75, 3.05) is 13.2 Å². The Kier molecular flexibility index (Phi) is 7.06.